The van der Waals surface area contributed by atoms with Gasteiger partial charge >= 0.3 is 0 Å². The maximum atomic E-state index is 5.87. The molecule has 12 heavy (non-hydrogen) atoms. The number of aryl methyl sites for hydroxylation is 1. The van der Waals surface area contributed by atoms with E-state index in [1.165, 1.54) is 5.69 Å². The molecule has 2 rings (SSSR count). The number of halogens is 1. The minimum atomic E-state index is 0.310. The van der Waals surface area contributed by atoms with Gasteiger partial charge in [-0.2, -0.15) is 0 Å². The van der Waals surface area contributed by atoms with Crippen LogP contribution in [0.3, 0.4) is 0 Å². The van der Waals surface area contributed by atoms with Crippen molar-refractivity contribution in [3.63, 3.8) is 0 Å². The van der Waals surface area contributed by atoms with Crippen molar-refractivity contribution >= 4 is 15.9 Å². The van der Waals surface area contributed by atoms with E-state index in [1.54, 1.807) is 0 Å². The minimum Gasteiger partial charge on any atom is -0.331 e. The zero-order valence-corrected chi connectivity index (χ0v) is 8.63. The second kappa shape index (κ2) is 2.85. The number of imidazole rings is 1. The van der Waals surface area contributed by atoms with Gasteiger partial charge in [-0.25, -0.2) is 4.98 Å². The highest BCUT2D eigenvalue weighted by atomic mass is 79.9. The number of fused-ring (bicyclic) bond motifs is 1. The number of nitrogens with two attached hydrogens (primary N) is 1. The summed E-state index contributed by atoms with van der Waals surface area (Å²) in [5, 5.41) is 0. The highest BCUT2D eigenvalue weighted by Crippen LogP contribution is 2.23. The molecule has 0 saturated heterocycles. The summed E-state index contributed by atoms with van der Waals surface area (Å²) in [5.74, 6) is 1.09. The van der Waals surface area contributed by atoms with Crippen LogP contribution in [-0.4, -0.2) is 15.6 Å². The topological polar surface area (TPSA) is 43.8 Å². The van der Waals surface area contributed by atoms with Crippen LogP contribution < -0.4 is 5.73 Å². The predicted molar refractivity (Wildman–Crippen MR) is 51.0 cm³/mol. The van der Waals surface area contributed by atoms with Crippen LogP contribution in [0.15, 0.2) is 4.60 Å². The SMILES string of the molecule is Cc1nc(Br)c2n1CCC(N)C2. The molecule has 1 aliphatic heterocycles. The Hall–Kier alpha value is -0.350. The molecule has 0 spiro atoms. The first-order valence-electron chi connectivity index (χ1n) is 4.15. The van der Waals surface area contributed by atoms with E-state index in [1.807, 2.05) is 6.92 Å². The fraction of sp³-hybridized carbons (Fsp3) is 0.625. The summed E-state index contributed by atoms with van der Waals surface area (Å²) in [6.07, 6.45) is 2.01. The molecule has 1 atom stereocenters. The molecule has 2 heterocycles. The summed E-state index contributed by atoms with van der Waals surface area (Å²) in [5.41, 5.74) is 7.12. The van der Waals surface area contributed by atoms with Crippen LogP contribution in [0.1, 0.15) is 17.9 Å². The molecule has 0 radical (unpaired) electrons. The van der Waals surface area contributed by atoms with E-state index < -0.39 is 0 Å². The summed E-state index contributed by atoms with van der Waals surface area (Å²) >= 11 is 3.44. The predicted octanol–water partition coefficient (Wildman–Crippen LogP) is 1.23. The molecule has 3 nitrogen and oxygen atoms in total. The Morgan fingerprint density at radius 2 is 2.42 bits per heavy atom. The Bertz CT molecular complexity index is 305. The zero-order valence-electron chi connectivity index (χ0n) is 7.05. The van der Waals surface area contributed by atoms with Gasteiger partial charge in [0.2, 0.25) is 0 Å². The first-order valence-corrected chi connectivity index (χ1v) is 4.95. The van der Waals surface area contributed by atoms with Gasteiger partial charge in [0.05, 0.1) is 5.69 Å². The molecule has 2 N–H and O–H groups in total. The van der Waals surface area contributed by atoms with Gasteiger partial charge in [-0.15, -0.1) is 0 Å². The summed E-state index contributed by atoms with van der Waals surface area (Å²) < 4.78 is 3.21. The third-order valence-corrected chi connectivity index (χ3v) is 3.03. The lowest BCUT2D eigenvalue weighted by molar-refractivity contribution is 0.464. The second-order valence-electron chi connectivity index (χ2n) is 3.30. The average molecular weight is 230 g/mol. The van der Waals surface area contributed by atoms with E-state index in [9.17, 15) is 0 Å². The zero-order chi connectivity index (χ0) is 8.72. The third kappa shape index (κ3) is 1.19. The standard InChI is InChI=1S/C8H12BrN3/c1-5-11-8(9)7-4-6(10)2-3-12(5)7/h6H,2-4,10H2,1H3. The van der Waals surface area contributed by atoms with Crippen molar-refractivity contribution in [1.29, 1.82) is 0 Å². The normalized spacial score (nSPS) is 22.4. The largest absolute Gasteiger partial charge is 0.331 e. The van der Waals surface area contributed by atoms with Crippen molar-refractivity contribution in [3.8, 4) is 0 Å². The molecule has 1 unspecified atom stereocenters. The summed E-state index contributed by atoms with van der Waals surface area (Å²) in [6.45, 7) is 3.05. The van der Waals surface area contributed by atoms with E-state index in [0.29, 0.717) is 6.04 Å². The van der Waals surface area contributed by atoms with E-state index in [2.05, 4.69) is 25.5 Å². The fourth-order valence-electron chi connectivity index (χ4n) is 1.71. The molecule has 0 saturated carbocycles. The Balaban J connectivity index is 2.45. The molecule has 4 heteroatoms. The van der Waals surface area contributed by atoms with Gasteiger partial charge in [0.25, 0.3) is 0 Å². The van der Waals surface area contributed by atoms with Crippen molar-refractivity contribution in [2.75, 3.05) is 0 Å². The molecule has 0 fully saturated rings. The molecular weight excluding hydrogens is 218 g/mol. The van der Waals surface area contributed by atoms with Gasteiger partial charge in [0.15, 0.2) is 0 Å². The first-order chi connectivity index (χ1) is 5.68. The van der Waals surface area contributed by atoms with Gasteiger partial charge in [0.1, 0.15) is 10.4 Å². The molecule has 1 aromatic heterocycles. The first kappa shape index (κ1) is 8.26. The Kier molecular flexibility index (Phi) is 1.96. The average Bonchev–Trinajstić information content (AvgIpc) is 2.28. The van der Waals surface area contributed by atoms with Gasteiger partial charge in [0, 0.05) is 19.0 Å². The van der Waals surface area contributed by atoms with Gasteiger partial charge in [-0.3, -0.25) is 0 Å². The third-order valence-electron chi connectivity index (χ3n) is 2.39. The lowest BCUT2D eigenvalue weighted by atomic mass is 10.1. The molecule has 0 aliphatic carbocycles. The highest BCUT2D eigenvalue weighted by molar-refractivity contribution is 9.10. The van der Waals surface area contributed by atoms with E-state index in [0.717, 1.165) is 29.8 Å². The summed E-state index contributed by atoms with van der Waals surface area (Å²) in [6, 6.07) is 0.310. The lowest BCUT2D eigenvalue weighted by Crippen LogP contribution is -2.30. The van der Waals surface area contributed by atoms with Crippen molar-refractivity contribution < 1.29 is 0 Å². The van der Waals surface area contributed by atoms with Crippen LogP contribution in [0.4, 0.5) is 0 Å². The monoisotopic (exact) mass is 229 g/mol. The molecule has 0 bridgehead atoms. The number of hydrogen-bond acceptors (Lipinski definition) is 2. The molecule has 0 amide bonds. The number of hydrogen-bond donors (Lipinski definition) is 1. The Morgan fingerprint density at radius 1 is 1.67 bits per heavy atom. The minimum absolute atomic E-state index is 0.310. The van der Waals surface area contributed by atoms with Crippen LogP contribution in [0.2, 0.25) is 0 Å². The quantitative estimate of drug-likeness (QED) is 0.728. The van der Waals surface area contributed by atoms with Gasteiger partial charge < -0.3 is 10.3 Å². The van der Waals surface area contributed by atoms with Crippen molar-refractivity contribution in [2.45, 2.75) is 32.4 Å². The Labute approximate surface area is 80.1 Å². The lowest BCUT2D eigenvalue weighted by Gasteiger charge is -2.21. The highest BCUT2D eigenvalue weighted by Gasteiger charge is 2.20. The molecule has 1 aromatic rings. The molecule has 1 aliphatic rings. The van der Waals surface area contributed by atoms with Crippen molar-refractivity contribution in [1.82, 2.24) is 9.55 Å². The second-order valence-corrected chi connectivity index (χ2v) is 4.05. The number of aromatic nitrogens is 2. The maximum Gasteiger partial charge on any atom is 0.127 e. The smallest absolute Gasteiger partial charge is 0.127 e. The summed E-state index contributed by atoms with van der Waals surface area (Å²) in [4.78, 5) is 4.35. The van der Waals surface area contributed by atoms with Crippen molar-refractivity contribution in [3.05, 3.63) is 16.1 Å². The van der Waals surface area contributed by atoms with E-state index >= 15 is 0 Å². The number of rotatable bonds is 0. The van der Waals surface area contributed by atoms with Gasteiger partial charge in [-0.1, -0.05) is 0 Å². The van der Waals surface area contributed by atoms with Crippen LogP contribution in [0, 0.1) is 6.92 Å². The fourth-order valence-corrected chi connectivity index (χ4v) is 2.34. The maximum absolute atomic E-state index is 5.87. The molecule has 66 valence electrons. The Morgan fingerprint density at radius 3 is 3.17 bits per heavy atom. The van der Waals surface area contributed by atoms with Crippen LogP contribution in [-0.2, 0) is 13.0 Å². The van der Waals surface area contributed by atoms with Crippen LogP contribution in [0.5, 0.6) is 0 Å². The summed E-state index contributed by atoms with van der Waals surface area (Å²) in [7, 11) is 0. The van der Waals surface area contributed by atoms with Gasteiger partial charge in [-0.05, 0) is 29.3 Å². The van der Waals surface area contributed by atoms with Crippen molar-refractivity contribution in [2.24, 2.45) is 5.73 Å². The van der Waals surface area contributed by atoms with Crippen LogP contribution >= 0.6 is 15.9 Å². The molecular formula is C8H12BrN3. The number of nitrogens with zero attached hydrogens (tertiary/aromatic N) is 2. The van der Waals surface area contributed by atoms with E-state index in [4.69, 9.17) is 5.73 Å². The van der Waals surface area contributed by atoms with Crippen LogP contribution in [0.25, 0.3) is 0 Å². The van der Waals surface area contributed by atoms with E-state index in [-0.39, 0.29) is 0 Å². The molecule has 0 aromatic carbocycles.